The number of hydrogen-bond donors (Lipinski definition) is 1. The molecule has 27 heavy (non-hydrogen) atoms. The molecule has 0 atom stereocenters. The van der Waals surface area contributed by atoms with Crippen molar-refractivity contribution in [2.24, 2.45) is 7.05 Å². The van der Waals surface area contributed by atoms with Crippen molar-refractivity contribution in [1.82, 2.24) is 24.6 Å². The SMILES string of the molecule is Cn1ncc2c(N)nc(N3CCN(C(=O)Cc4ccccc4F)CC3)nc21. The van der Waals surface area contributed by atoms with Crippen molar-refractivity contribution in [3.05, 3.63) is 41.8 Å². The summed E-state index contributed by atoms with van der Waals surface area (Å²) in [5, 5.41) is 4.88. The molecule has 1 aromatic carbocycles. The molecule has 3 aromatic rings. The van der Waals surface area contributed by atoms with E-state index in [4.69, 9.17) is 5.73 Å². The number of anilines is 2. The molecule has 0 bridgehead atoms. The number of aryl methyl sites for hydroxylation is 1. The molecule has 4 rings (SSSR count). The lowest BCUT2D eigenvalue weighted by Gasteiger charge is -2.34. The van der Waals surface area contributed by atoms with Crippen molar-refractivity contribution in [3.8, 4) is 0 Å². The van der Waals surface area contributed by atoms with Crippen LogP contribution in [-0.4, -0.2) is 56.7 Å². The summed E-state index contributed by atoms with van der Waals surface area (Å²) in [7, 11) is 1.80. The molecule has 1 aliphatic rings. The van der Waals surface area contributed by atoms with E-state index in [9.17, 15) is 9.18 Å². The molecule has 8 nitrogen and oxygen atoms in total. The van der Waals surface area contributed by atoms with E-state index in [-0.39, 0.29) is 18.1 Å². The van der Waals surface area contributed by atoms with Crippen molar-refractivity contribution in [3.63, 3.8) is 0 Å². The molecule has 0 radical (unpaired) electrons. The Hall–Kier alpha value is -3.23. The third kappa shape index (κ3) is 3.27. The number of hydrogen-bond acceptors (Lipinski definition) is 6. The maximum absolute atomic E-state index is 13.8. The Bertz CT molecular complexity index is 995. The van der Waals surface area contributed by atoms with Crippen LogP contribution in [0.1, 0.15) is 5.56 Å². The van der Waals surface area contributed by atoms with E-state index in [1.807, 2.05) is 4.90 Å². The van der Waals surface area contributed by atoms with Crippen molar-refractivity contribution in [1.29, 1.82) is 0 Å². The van der Waals surface area contributed by atoms with Crippen molar-refractivity contribution in [2.45, 2.75) is 6.42 Å². The Kier molecular flexibility index (Phi) is 4.35. The number of rotatable bonds is 3. The Morgan fingerprint density at radius 2 is 1.93 bits per heavy atom. The van der Waals surface area contributed by atoms with Gasteiger partial charge in [-0.15, -0.1) is 0 Å². The Balaban J connectivity index is 1.44. The summed E-state index contributed by atoms with van der Waals surface area (Å²) in [4.78, 5) is 25.1. The van der Waals surface area contributed by atoms with Gasteiger partial charge in [0.05, 0.1) is 18.0 Å². The lowest BCUT2D eigenvalue weighted by molar-refractivity contribution is -0.130. The van der Waals surface area contributed by atoms with Gasteiger partial charge in [0, 0.05) is 33.2 Å². The van der Waals surface area contributed by atoms with Gasteiger partial charge in [-0.2, -0.15) is 15.1 Å². The van der Waals surface area contributed by atoms with Crippen LogP contribution in [0.3, 0.4) is 0 Å². The smallest absolute Gasteiger partial charge is 0.229 e. The second kappa shape index (κ2) is 6.82. The summed E-state index contributed by atoms with van der Waals surface area (Å²) in [6.45, 7) is 2.23. The molecule has 140 valence electrons. The predicted molar refractivity (Wildman–Crippen MR) is 99.6 cm³/mol. The van der Waals surface area contributed by atoms with Crippen LogP contribution in [0.15, 0.2) is 30.5 Å². The molecule has 1 fully saturated rings. The zero-order valence-corrected chi connectivity index (χ0v) is 15.0. The summed E-state index contributed by atoms with van der Waals surface area (Å²) in [5.74, 6) is 0.492. The Labute approximate surface area is 155 Å². The first-order valence-electron chi connectivity index (χ1n) is 8.74. The van der Waals surface area contributed by atoms with Crippen LogP contribution < -0.4 is 10.6 Å². The Morgan fingerprint density at radius 3 is 2.67 bits per heavy atom. The van der Waals surface area contributed by atoms with Gasteiger partial charge in [0.15, 0.2) is 5.65 Å². The first-order chi connectivity index (χ1) is 13.0. The van der Waals surface area contributed by atoms with Crippen molar-refractivity contribution < 1.29 is 9.18 Å². The quantitative estimate of drug-likeness (QED) is 0.740. The minimum Gasteiger partial charge on any atom is -0.383 e. The predicted octanol–water partition coefficient (Wildman–Crippen LogP) is 0.976. The topological polar surface area (TPSA) is 93.2 Å². The van der Waals surface area contributed by atoms with Crippen LogP contribution in [0.5, 0.6) is 0 Å². The van der Waals surface area contributed by atoms with Crippen LogP contribution in [0.4, 0.5) is 16.2 Å². The fourth-order valence-electron chi connectivity index (χ4n) is 3.25. The minimum absolute atomic E-state index is 0.0666. The number of aromatic nitrogens is 4. The first-order valence-corrected chi connectivity index (χ1v) is 8.74. The molecule has 2 N–H and O–H groups in total. The number of nitrogens with zero attached hydrogens (tertiary/aromatic N) is 6. The molecular formula is C18H20FN7O. The minimum atomic E-state index is -0.349. The molecule has 0 unspecified atom stereocenters. The zero-order chi connectivity index (χ0) is 19.0. The number of carbonyl (C=O) groups excluding carboxylic acids is 1. The summed E-state index contributed by atoms with van der Waals surface area (Å²) in [6.07, 6.45) is 1.71. The van der Waals surface area contributed by atoms with E-state index in [1.165, 1.54) is 6.07 Å². The number of fused-ring (bicyclic) bond motifs is 1. The number of carbonyl (C=O) groups is 1. The fourth-order valence-corrected chi connectivity index (χ4v) is 3.25. The van der Waals surface area contributed by atoms with Crippen LogP contribution in [0, 0.1) is 5.82 Å². The summed E-state index contributed by atoms with van der Waals surface area (Å²) in [6, 6.07) is 6.37. The number of amides is 1. The highest BCUT2D eigenvalue weighted by molar-refractivity contribution is 5.86. The molecule has 1 amide bonds. The monoisotopic (exact) mass is 369 g/mol. The molecular weight excluding hydrogens is 349 g/mol. The maximum atomic E-state index is 13.8. The second-order valence-corrected chi connectivity index (χ2v) is 6.55. The number of nitrogen functional groups attached to an aromatic ring is 1. The van der Waals surface area contributed by atoms with Gasteiger partial charge < -0.3 is 15.5 Å². The fraction of sp³-hybridized carbons (Fsp3) is 0.333. The van der Waals surface area contributed by atoms with E-state index in [1.54, 1.807) is 41.0 Å². The number of benzene rings is 1. The summed E-state index contributed by atoms with van der Waals surface area (Å²) >= 11 is 0. The molecule has 0 saturated carbocycles. The zero-order valence-electron chi connectivity index (χ0n) is 15.0. The first kappa shape index (κ1) is 17.2. The van der Waals surface area contributed by atoms with Crippen molar-refractivity contribution in [2.75, 3.05) is 36.8 Å². The Morgan fingerprint density at radius 1 is 1.19 bits per heavy atom. The molecule has 0 spiro atoms. The van der Waals surface area contributed by atoms with E-state index in [0.717, 1.165) is 5.39 Å². The van der Waals surface area contributed by atoms with Crippen LogP contribution in [0.25, 0.3) is 11.0 Å². The largest absolute Gasteiger partial charge is 0.383 e. The molecule has 1 aliphatic heterocycles. The van der Waals surface area contributed by atoms with Gasteiger partial charge in [0.2, 0.25) is 11.9 Å². The van der Waals surface area contributed by atoms with Gasteiger partial charge in [-0.05, 0) is 11.6 Å². The highest BCUT2D eigenvalue weighted by Gasteiger charge is 2.24. The van der Waals surface area contributed by atoms with Crippen LogP contribution in [0.2, 0.25) is 0 Å². The average Bonchev–Trinajstić information content (AvgIpc) is 3.05. The van der Waals surface area contributed by atoms with Crippen molar-refractivity contribution >= 4 is 28.7 Å². The molecule has 1 saturated heterocycles. The van der Waals surface area contributed by atoms with E-state index in [0.29, 0.717) is 49.2 Å². The summed E-state index contributed by atoms with van der Waals surface area (Å²) in [5.41, 5.74) is 7.12. The average molecular weight is 369 g/mol. The van der Waals surface area contributed by atoms with Gasteiger partial charge >= 0.3 is 0 Å². The summed E-state index contributed by atoms with van der Waals surface area (Å²) < 4.78 is 15.4. The molecule has 3 heterocycles. The highest BCUT2D eigenvalue weighted by Crippen LogP contribution is 2.21. The third-order valence-corrected chi connectivity index (χ3v) is 4.82. The van der Waals surface area contributed by atoms with Crippen LogP contribution in [-0.2, 0) is 18.3 Å². The third-order valence-electron chi connectivity index (χ3n) is 4.82. The van der Waals surface area contributed by atoms with Gasteiger partial charge in [-0.25, -0.2) is 4.39 Å². The number of piperazine rings is 1. The standard InChI is InChI=1S/C18H20FN7O/c1-24-17-13(11-21-24)16(20)22-18(23-17)26-8-6-25(7-9-26)15(27)10-12-4-2-3-5-14(12)19/h2-5,11H,6-10H2,1H3,(H2,20,22,23). The molecule has 2 aromatic heterocycles. The lowest BCUT2D eigenvalue weighted by atomic mass is 10.1. The van der Waals surface area contributed by atoms with E-state index < -0.39 is 0 Å². The lowest BCUT2D eigenvalue weighted by Crippen LogP contribution is -2.49. The second-order valence-electron chi connectivity index (χ2n) is 6.55. The van der Waals surface area contributed by atoms with Gasteiger partial charge in [0.1, 0.15) is 11.6 Å². The normalized spacial score (nSPS) is 14.7. The molecule has 0 aliphatic carbocycles. The maximum Gasteiger partial charge on any atom is 0.229 e. The van der Waals surface area contributed by atoms with E-state index >= 15 is 0 Å². The van der Waals surface area contributed by atoms with Crippen LogP contribution >= 0.6 is 0 Å². The number of halogens is 1. The van der Waals surface area contributed by atoms with Gasteiger partial charge in [-0.3, -0.25) is 9.48 Å². The van der Waals surface area contributed by atoms with E-state index in [2.05, 4.69) is 15.1 Å². The van der Waals surface area contributed by atoms with Gasteiger partial charge in [-0.1, -0.05) is 18.2 Å². The number of nitrogens with two attached hydrogens (primary N) is 1. The van der Waals surface area contributed by atoms with Gasteiger partial charge in [0.25, 0.3) is 0 Å². The highest BCUT2D eigenvalue weighted by atomic mass is 19.1. The molecule has 9 heteroatoms.